The first kappa shape index (κ1) is 25.2. The van der Waals surface area contributed by atoms with Crippen LogP contribution >= 0.6 is 0 Å². The third kappa shape index (κ3) is 4.90. The summed E-state index contributed by atoms with van der Waals surface area (Å²) in [4.78, 5) is 0. The molecule has 0 unspecified atom stereocenters. The molecule has 0 aliphatic carbocycles. The van der Waals surface area contributed by atoms with Crippen LogP contribution in [0.2, 0.25) is 0 Å². The van der Waals surface area contributed by atoms with Crippen LogP contribution in [0.3, 0.4) is 0 Å². The Morgan fingerprint density at radius 1 is 0.683 bits per heavy atom. The Balaban J connectivity index is 1.40. The lowest BCUT2D eigenvalue weighted by Crippen LogP contribution is -2.08. The average Bonchev–Trinajstić information content (AvgIpc) is 3.36. The van der Waals surface area contributed by atoms with Crippen molar-refractivity contribution in [2.24, 2.45) is 5.73 Å². The number of nitriles is 2. The topological polar surface area (TPSA) is 119 Å². The predicted molar refractivity (Wildman–Crippen MR) is 162 cm³/mol. The van der Waals surface area contributed by atoms with E-state index in [9.17, 15) is 10.5 Å². The van der Waals surface area contributed by atoms with E-state index in [1.54, 1.807) is 12.1 Å². The lowest BCUT2D eigenvalue weighted by atomic mass is 9.94. The molecule has 0 atom stereocenters. The highest BCUT2D eigenvalue weighted by Gasteiger charge is 2.28. The highest BCUT2D eigenvalue weighted by atomic mass is 16.5. The first-order valence-corrected chi connectivity index (χ1v) is 12.9. The van der Waals surface area contributed by atoms with Crippen molar-refractivity contribution in [1.29, 1.82) is 15.9 Å². The van der Waals surface area contributed by atoms with Crippen molar-refractivity contribution >= 4 is 28.5 Å². The minimum absolute atomic E-state index is 0.0785. The minimum atomic E-state index is -0.0785. The van der Waals surface area contributed by atoms with E-state index in [1.807, 2.05) is 72.8 Å². The highest BCUT2D eigenvalue weighted by Crippen LogP contribution is 2.41. The first-order chi connectivity index (χ1) is 20.0. The SMILES string of the molecule is N#Cc1cc(C#N)cc(/C(N)=C2/C(=N)Oc3ccc(-c4cccc(-c5ccccc5Nc5ccccc5)c4)cc32)c1. The molecule has 0 spiro atoms. The molecule has 0 saturated carbocycles. The summed E-state index contributed by atoms with van der Waals surface area (Å²) in [7, 11) is 0. The van der Waals surface area contributed by atoms with E-state index in [0.29, 0.717) is 33.6 Å². The Morgan fingerprint density at radius 3 is 2.12 bits per heavy atom. The van der Waals surface area contributed by atoms with Crippen molar-refractivity contribution in [1.82, 2.24) is 0 Å². The van der Waals surface area contributed by atoms with Crippen LogP contribution in [0.5, 0.6) is 5.75 Å². The van der Waals surface area contributed by atoms with Crippen molar-refractivity contribution in [3.63, 3.8) is 0 Å². The smallest absolute Gasteiger partial charge is 0.222 e. The Bertz CT molecular complexity index is 1910. The number of nitrogens with one attached hydrogen (secondary N) is 2. The van der Waals surface area contributed by atoms with Crippen molar-refractivity contribution in [3.05, 3.63) is 138 Å². The summed E-state index contributed by atoms with van der Waals surface area (Å²) in [6, 6.07) is 41.2. The van der Waals surface area contributed by atoms with Crippen molar-refractivity contribution < 1.29 is 4.74 Å². The monoisotopic (exact) mass is 529 g/mol. The summed E-state index contributed by atoms with van der Waals surface area (Å²) in [6.07, 6.45) is 0. The number of hydrogen-bond donors (Lipinski definition) is 3. The van der Waals surface area contributed by atoms with Gasteiger partial charge in [0.05, 0.1) is 34.5 Å². The summed E-state index contributed by atoms with van der Waals surface area (Å²) in [5.41, 5.74) is 15.1. The standard InChI is InChI=1S/C35H23N5O/c36-20-22-15-23(21-37)17-27(16-22)34(38)33-30-19-25(13-14-32(30)41-35(33)39)24-7-6-8-26(18-24)29-11-4-5-12-31(29)40-28-9-2-1-3-10-28/h1-19,39-40H,38H2/b34-33-,39-35?. The molecule has 4 N–H and O–H groups in total. The minimum Gasteiger partial charge on any atom is -0.438 e. The molecular formula is C35H23N5O. The molecule has 5 aromatic carbocycles. The van der Waals surface area contributed by atoms with Crippen LogP contribution in [0.25, 0.3) is 33.5 Å². The molecule has 6 heteroatoms. The van der Waals surface area contributed by atoms with Gasteiger partial charge in [-0.2, -0.15) is 10.5 Å². The van der Waals surface area contributed by atoms with Gasteiger partial charge in [-0.25, -0.2) is 0 Å². The maximum atomic E-state index is 9.41. The molecule has 0 fully saturated rings. The van der Waals surface area contributed by atoms with E-state index in [0.717, 1.165) is 33.6 Å². The molecular weight excluding hydrogens is 506 g/mol. The molecule has 0 amide bonds. The van der Waals surface area contributed by atoms with E-state index < -0.39 is 0 Å². The number of ether oxygens (including phenoxy) is 1. The third-order valence-electron chi connectivity index (χ3n) is 6.95. The van der Waals surface area contributed by atoms with Gasteiger partial charge >= 0.3 is 0 Å². The zero-order valence-corrected chi connectivity index (χ0v) is 21.8. The molecule has 0 saturated heterocycles. The van der Waals surface area contributed by atoms with Gasteiger partial charge < -0.3 is 15.8 Å². The van der Waals surface area contributed by atoms with E-state index >= 15 is 0 Å². The number of nitrogens with zero attached hydrogens (tertiary/aromatic N) is 2. The van der Waals surface area contributed by atoms with Crippen LogP contribution in [0, 0.1) is 28.1 Å². The fourth-order valence-corrected chi connectivity index (χ4v) is 4.99. The lowest BCUT2D eigenvalue weighted by Gasteiger charge is -2.14. The third-order valence-corrected chi connectivity index (χ3v) is 6.95. The molecule has 0 radical (unpaired) electrons. The number of fused-ring (bicyclic) bond motifs is 1. The van der Waals surface area contributed by atoms with Crippen LogP contribution in [-0.4, -0.2) is 5.90 Å². The van der Waals surface area contributed by atoms with Crippen LogP contribution < -0.4 is 15.8 Å². The van der Waals surface area contributed by atoms with Crippen molar-refractivity contribution in [2.45, 2.75) is 0 Å². The molecule has 0 bridgehead atoms. The van der Waals surface area contributed by atoms with Gasteiger partial charge in [-0.05, 0) is 71.3 Å². The largest absolute Gasteiger partial charge is 0.438 e. The molecule has 6 rings (SSSR count). The molecule has 41 heavy (non-hydrogen) atoms. The number of benzene rings is 5. The lowest BCUT2D eigenvalue weighted by molar-refractivity contribution is 0.566. The average molecular weight is 530 g/mol. The Morgan fingerprint density at radius 2 is 1.37 bits per heavy atom. The summed E-state index contributed by atoms with van der Waals surface area (Å²) in [5.74, 6) is 0.451. The second-order valence-corrected chi connectivity index (χ2v) is 9.57. The van der Waals surface area contributed by atoms with Gasteiger partial charge in [0.2, 0.25) is 5.90 Å². The van der Waals surface area contributed by atoms with Crippen LogP contribution in [0.15, 0.2) is 115 Å². The number of hydrogen-bond acceptors (Lipinski definition) is 6. The summed E-state index contributed by atoms with van der Waals surface area (Å²) in [6.45, 7) is 0. The normalized spacial score (nSPS) is 13.0. The molecule has 1 heterocycles. The Labute approximate surface area is 237 Å². The zero-order chi connectivity index (χ0) is 28.3. The Hall–Kier alpha value is -6.11. The summed E-state index contributed by atoms with van der Waals surface area (Å²) < 4.78 is 5.74. The Kier molecular flexibility index (Phi) is 6.49. The molecule has 0 aromatic heterocycles. The first-order valence-electron chi connectivity index (χ1n) is 12.9. The predicted octanol–water partition coefficient (Wildman–Crippen LogP) is 7.70. The van der Waals surface area contributed by atoms with E-state index in [4.69, 9.17) is 15.9 Å². The maximum Gasteiger partial charge on any atom is 0.222 e. The fourth-order valence-electron chi connectivity index (χ4n) is 4.99. The quantitative estimate of drug-likeness (QED) is 0.215. The second-order valence-electron chi connectivity index (χ2n) is 9.57. The highest BCUT2D eigenvalue weighted by molar-refractivity contribution is 6.29. The van der Waals surface area contributed by atoms with Crippen molar-refractivity contribution in [3.8, 4) is 40.1 Å². The zero-order valence-electron chi connectivity index (χ0n) is 21.8. The van der Waals surface area contributed by atoms with Gasteiger partial charge in [-0.3, -0.25) is 5.41 Å². The number of anilines is 2. The molecule has 194 valence electrons. The number of para-hydroxylation sites is 2. The summed E-state index contributed by atoms with van der Waals surface area (Å²) >= 11 is 0. The van der Waals surface area contributed by atoms with Gasteiger partial charge in [0.25, 0.3) is 0 Å². The van der Waals surface area contributed by atoms with Crippen molar-refractivity contribution in [2.75, 3.05) is 5.32 Å². The van der Waals surface area contributed by atoms with Gasteiger partial charge in [0.1, 0.15) is 5.75 Å². The molecule has 1 aliphatic rings. The molecule has 1 aliphatic heterocycles. The maximum absolute atomic E-state index is 9.41. The number of rotatable bonds is 5. The van der Waals surface area contributed by atoms with Gasteiger partial charge in [-0.15, -0.1) is 0 Å². The van der Waals surface area contributed by atoms with Crippen LogP contribution in [0.4, 0.5) is 11.4 Å². The fraction of sp³-hybridized carbons (Fsp3) is 0. The van der Waals surface area contributed by atoms with E-state index in [-0.39, 0.29) is 11.6 Å². The second kappa shape index (κ2) is 10.6. The molecule has 5 aromatic rings. The number of nitrogens with two attached hydrogens (primary N) is 1. The van der Waals surface area contributed by atoms with Gasteiger partial charge in [0, 0.05) is 28.1 Å². The van der Waals surface area contributed by atoms with E-state index in [2.05, 4.69) is 41.7 Å². The van der Waals surface area contributed by atoms with Gasteiger partial charge in [0.15, 0.2) is 0 Å². The molecule has 6 nitrogen and oxygen atoms in total. The van der Waals surface area contributed by atoms with Crippen LogP contribution in [-0.2, 0) is 0 Å². The van der Waals surface area contributed by atoms with Crippen LogP contribution in [0.1, 0.15) is 22.3 Å². The summed E-state index contributed by atoms with van der Waals surface area (Å²) in [5, 5.41) is 30.8. The van der Waals surface area contributed by atoms with Gasteiger partial charge in [-0.1, -0.05) is 60.7 Å². The van der Waals surface area contributed by atoms with E-state index in [1.165, 1.54) is 6.07 Å².